The number of nitrogens with one attached hydrogen (secondary N) is 1. The van der Waals surface area contributed by atoms with E-state index in [2.05, 4.69) is 37.1 Å². The number of amides is 1. The Bertz CT molecular complexity index is 842. The van der Waals surface area contributed by atoms with Crippen molar-refractivity contribution in [3.05, 3.63) is 17.6 Å². The quantitative estimate of drug-likeness (QED) is 0.595. The summed E-state index contributed by atoms with van der Waals surface area (Å²) in [6, 6.07) is 2.55. The van der Waals surface area contributed by atoms with Gasteiger partial charge in [0.2, 0.25) is 5.91 Å². The highest BCUT2D eigenvalue weighted by molar-refractivity contribution is 5.79. The molecule has 3 aliphatic carbocycles. The Hall–Kier alpha value is -1.65. The molecule has 33 heavy (non-hydrogen) atoms. The lowest BCUT2D eigenvalue weighted by Crippen LogP contribution is -2.45. The molecule has 5 heteroatoms. The van der Waals surface area contributed by atoms with Gasteiger partial charge in [0.15, 0.2) is 0 Å². The van der Waals surface area contributed by atoms with Crippen LogP contribution in [0.4, 0.5) is 5.82 Å². The highest BCUT2D eigenvalue weighted by Crippen LogP contribution is 2.48. The second kappa shape index (κ2) is 9.54. The molecular weight excluding hydrogens is 408 g/mol. The Kier molecular flexibility index (Phi) is 6.68. The molecule has 1 saturated heterocycles. The molecule has 3 atom stereocenters. The molecule has 1 amide bonds. The molecule has 182 valence electrons. The fourth-order valence-electron chi connectivity index (χ4n) is 6.93. The minimum atomic E-state index is 0.296. The van der Waals surface area contributed by atoms with Crippen molar-refractivity contribution >= 4 is 11.7 Å². The molecule has 1 N–H and O–H groups in total. The van der Waals surface area contributed by atoms with Gasteiger partial charge in [-0.2, -0.15) is 0 Å². The van der Waals surface area contributed by atoms with E-state index in [0.717, 1.165) is 62.0 Å². The van der Waals surface area contributed by atoms with Gasteiger partial charge in [0, 0.05) is 42.7 Å². The van der Waals surface area contributed by atoms with Crippen molar-refractivity contribution in [3.63, 3.8) is 0 Å². The molecule has 5 nitrogen and oxygen atoms in total. The minimum Gasteiger partial charge on any atom is -0.356 e. The number of aryl methyl sites for hydroxylation is 1. The molecule has 3 unspecified atom stereocenters. The van der Waals surface area contributed by atoms with Gasteiger partial charge in [0.25, 0.3) is 0 Å². The third-order valence-electron chi connectivity index (χ3n) is 9.45. The van der Waals surface area contributed by atoms with E-state index in [-0.39, 0.29) is 0 Å². The van der Waals surface area contributed by atoms with Crippen molar-refractivity contribution in [2.75, 3.05) is 18.0 Å². The van der Waals surface area contributed by atoms with Crippen LogP contribution in [0.25, 0.3) is 0 Å². The first-order valence-electron chi connectivity index (χ1n) is 13.9. The first-order chi connectivity index (χ1) is 16.0. The minimum absolute atomic E-state index is 0.296. The molecule has 4 fully saturated rings. The Balaban J connectivity index is 1.16. The summed E-state index contributed by atoms with van der Waals surface area (Å²) in [5, 5.41) is 3.51. The normalized spacial score (nSPS) is 33.3. The Morgan fingerprint density at radius 2 is 1.88 bits per heavy atom. The lowest BCUT2D eigenvalue weighted by molar-refractivity contribution is -0.129. The number of carbonyl (C=O) groups excluding carboxylic acids is 1. The first kappa shape index (κ1) is 23.1. The SMILES string of the molecule is CCC(C)c1nc(C)cc(N2CCC3(CCC(NC(=O)C4CCCCC4C4CC4)CC3)C2)n1. The maximum Gasteiger partial charge on any atom is 0.223 e. The van der Waals surface area contributed by atoms with Gasteiger partial charge >= 0.3 is 0 Å². The van der Waals surface area contributed by atoms with E-state index in [0.29, 0.717) is 35.1 Å². The lowest BCUT2D eigenvalue weighted by atomic mass is 9.71. The van der Waals surface area contributed by atoms with Gasteiger partial charge in [-0.1, -0.05) is 26.7 Å². The highest BCUT2D eigenvalue weighted by atomic mass is 16.2. The zero-order valence-electron chi connectivity index (χ0n) is 21.1. The van der Waals surface area contributed by atoms with Crippen molar-refractivity contribution in [3.8, 4) is 0 Å². The van der Waals surface area contributed by atoms with E-state index in [1.165, 1.54) is 51.4 Å². The maximum atomic E-state index is 13.2. The fraction of sp³-hybridized carbons (Fsp3) is 0.821. The maximum absolute atomic E-state index is 13.2. The van der Waals surface area contributed by atoms with E-state index >= 15 is 0 Å². The van der Waals surface area contributed by atoms with Gasteiger partial charge in [-0.25, -0.2) is 9.97 Å². The number of hydrogen-bond acceptors (Lipinski definition) is 4. The van der Waals surface area contributed by atoms with E-state index in [4.69, 9.17) is 9.97 Å². The molecule has 5 rings (SSSR count). The van der Waals surface area contributed by atoms with E-state index in [9.17, 15) is 4.79 Å². The van der Waals surface area contributed by atoms with E-state index in [1.807, 2.05) is 0 Å². The third kappa shape index (κ3) is 5.07. The third-order valence-corrected chi connectivity index (χ3v) is 9.45. The fourth-order valence-corrected chi connectivity index (χ4v) is 6.93. The Morgan fingerprint density at radius 1 is 1.12 bits per heavy atom. The highest BCUT2D eigenvalue weighted by Gasteiger charge is 2.44. The molecule has 1 aliphatic heterocycles. The summed E-state index contributed by atoms with van der Waals surface area (Å²) in [7, 11) is 0. The predicted octanol–water partition coefficient (Wildman–Crippen LogP) is 5.77. The number of rotatable bonds is 6. The van der Waals surface area contributed by atoms with Crippen molar-refractivity contribution in [1.82, 2.24) is 15.3 Å². The van der Waals surface area contributed by atoms with Crippen molar-refractivity contribution in [1.29, 1.82) is 0 Å². The van der Waals surface area contributed by atoms with Crippen molar-refractivity contribution in [2.45, 2.75) is 110 Å². The van der Waals surface area contributed by atoms with Crippen LogP contribution in [0, 0.1) is 30.1 Å². The summed E-state index contributed by atoms with van der Waals surface area (Å²) in [5.41, 5.74) is 1.48. The summed E-state index contributed by atoms with van der Waals surface area (Å²) in [6.07, 6.45) is 14.8. The topological polar surface area (TPSA) is 58.1 Å². The largest absolute Gasteiger partial charge is 0.356 e. The molecule has 1 aromatic heterocycles. The van der Waals surface area contributed by atoms with Crippen LogP contribution < -0.4 is 10.2 Å². The van der Waals surface area contributed by atoms with Crippen LogP contribution in [0.2, 0.25) is 0 Å². The van der Waals surface area contributed by atoms with Crippen LogP contribution in [0.3, 0.4) is 0 Å². The summed E-state index contributed by atoms with van der Waals surface area (Å²) in [6.45, 7) is 8.73. The van der Waals surface area contributed by atoms with E-state index in [1.54, 1.807) is 0 Å². The first-order valence-corrected chi connectivity index (χ1v) is 13.9. The average molecular weight is 453 g/mol. The molecule has 4 aliphatic rings. The van der Waals surface area contributed by atoms with Crippen LogP contribution >= 0.6 is 0 Å². The number of hydrogen-bond donors (Lipinski definition) is 1. The van der Waals surface area contributed by atoms with Crippen molar-refractivity contribution < 1.29 is 4.79 Å². The van der Waals surface area contributed by atoms with Gasteiger partial charge < -0.3 is 10.2 Å². The molecule has 3 saturated carbocycles. The van der Waals surface area contributed by atoms with Crippen LogP contribution in [-0.4, -0.2) is 35.0 Å². The molecule has 0 bridgehead atoms. The van der Waals surface area contributed by atoms with Crippen LogP contribution in [0.5, 0.6) is 0 Å². The van der Waals surface area contributed by atoms with Gasteiger partial charge in [-0.05, 0) is 88.4 Å². The molecular formula is C28H44N4O. The molecule has 0 aromatic carbocycles. The standard InChI is InChI=1S/C28H44N4O/c1-4-19(2)26-29-20(3)17-25(31-26)32-16-15-28(18-32)13-11-22(12-14-28)30-27(33)24-8-6-5-7-23(24)21-9-10-21/h17,19,21-24H,4-16,18H2,1-3H3,(H,30,33). The van der Waals surface area contributed by atoms with Crippen LogP contribution in [0.1, 0.15) is 108 Å². The molecule has 1 aromatic rings. The smallest absolute Gasteiger partial charge is 0.223 e. The zero-order valence-corrected chi connectivity index (χ0v) is 21.1. The van der Waals surface area contributed by atoms with Crippen LogP contribution in [0.15, 0.2) is 6.07 Å². The summed E-state index contributed by atoms with van der Waals surface area (Å²) < 4.78 is 0. The van der Waals surface area contributed by atoms with E-state index < -0.39 is 0 Å². The second-order valence-electron chi connectivity index (χ2n) is 11.9. The van der Waals surface area contributed by atoms with Crippen molar-refractivity contribution in [2.24, 2.45) is 23.2 Å². The zero-order chi connectivity index (χ0) is 23.0. The molecule has 2 heterocycles. The average Bonchev–Trinajstić information content (AvgIpc) is 3.60. The van der Waals surface area contributed by atoms with Gasteiger partial charge in [-0.15, -0.1) is 0 Å². The predicted molar refractivity (Wildman–Crippen MR) is 133 cm³/mol. The Morgan fingerprint density at radius 3 is 2.61 bits per heavy atom. The van der Waals surface area contributed by atoms with Gasteiger partial charge in [-0.3, -0.25) is 4.79 Å². The second-order valence-corrected chi connectivity index (χ2v) is 11.9. The number of nitrogens with zero attached hydrogens (tertiary/aromatic N) is 3. The van der Waals surface area contributed by atoms with Gasteiger partial charge in [0.05, 0.1) is 0 Å². The lowest BCUT2D eigenvalue weighted by Gasteiger charge is -2.39. The summed E-state index contributed by atoms with van der Waals surface area (Å²) >= 11 is 0. The summed E-state index contributed by atoms with van der Waals surface area (Å²) in [5.74, 6) is 4.73. The van der Waals surface area contributed by atoms with Gasteiger partial charge in [0.1, 0.15) is 11.6 Å². The number of anilines is 1. The molecule has 0 radical (unpaired) electrons. The monoisotopic (exact) mass is 452 g/mol. The Labute approximate surface area is 200 Å². The summed E-state index contributed by atoms with van der Waals surface area (Å²) in [4.78, 5) is 25.3. The number of carbonyl (C=O) groups is 1. The number of aromatic nitrogens is 2. The molecule has 1 spiro atoms. The van der Waals surface area contributed by atoms with Crippen LogP contribution in [-0.2, 0) is 4.79 Å².